The summed E-state index contributed by atoms with van der Waals surface area (Å²) in [5.41, 5.74) is -1.91. The number of carboxylic acids is 1. The number of halogens is 2. The van der Waals surface area contributed by atoms with Crippen molar-refractivity contribution in [3.05, 3.63) is 35.4 Å². The Bertz CT molecular complexity index is 728. The highest BCUT2D eigenvalue weighted by Gasteiger charge is 2.41. The van der Waals surface area contributed by atoms with Crippen molar-refractivity contribution in [3.63, 3.8) is 0 Å². The van der Waals surface area contributed by atoms with Crippen LogP contribution in [0.15, 0.2) is 18.2 Å². The summed E-state index contributed by atoms with van der Waals surface area (Å²) in [6.07, 6.45) is 0.503. The van der Waals surface area contributed by atoms with Crippen LogP contribution in [-0.4, -0.2) is 48.7 Å². The van der Waals surface area contributed by atoms with E-state index < -0.39 is 52.4 Å². The molecule has 1 atom stereocenters. The number of carbonyl (C=O) groups is 3. The van der Waals surface area contributed by atoms with Crippen LogP contribution >= 0.6 is 0 Å². The Morgan fingerprint density at radius 1 is 1.18 bits per heavy atom. The van der Waals surface area contributed by atoms with E-state index >= 15 is 0 Å². The summed E-state index contributed by atoms with van der Waals surface area (Å²) in [6.45, 7) is 3.74. The summed E-state index contributed by atoms with van der Waals surface area (Å²) in [4.78, 5) is 36.6. The minimum absolute atomic E-state index is 0.127. The van der Waals surface area contributed by atoms with Gasteiger partial charge in [-0.1, -0.05) is 19.9 Å². The molecule has 1 aliphatic rings. The summed E-state index contributed by atoms with van der Waals surface area (Å²) in [5.74, 6) is -5.17. The van der Waals surface area contributed by atoms with Crippen molar-refractivity contribution in [1.82, 2.24) is 10.6 Å². The van der Waals surface area contributed by atoms with E-state index in [2.05, 4.69) is 10.6 Å². The van der Waals surface area contributed by atoms with Crippen LogP contribution in [0.2, 0.25) is 0 Å². The number of rotatable bonds is 7. The monoisotopic (exact) mass is 398 g/mol. The van der Waals surface area contributed by atoms with Gasteiger partial charge in [0.1, 0.15) is 23.2 Å². The molecule has 9 heteroatoms. The molecule has 28 heavy (non-hydrogen) atoms. The third-order valence-electron chi connectivity index (χ3n) is 4.93. The number of carboxylic acid groups (broad SMARTS) is 1. The average molecular weight is 398 g/mol. The van der Waals surface area contributed by atoms with Crippen LogP contribution in [0.4, 0.5) is 8.78 Å². The summed E-state index contributed by atoms with van der Waals surface area (Å²) in [5, 5.41) is 14.4. The first-order valence-electron chi connectivity index (χ1n) is 9.01. The van der Waals surface area contributed by atoms with Crippen LogP contribution in [0.1, 0.15) is 37.0 Å². The molecular weight excluding hydrogens is 374 g/mol. The van der Waals surface area contributed by atoms with Gasteiger partial charge in [-0.3, -0.25) is 14.4 Å². The zero-order valence-electron chi connectivity index (χ0n) is 15.8. The van der Waals surface area contributed by atoms with Gasteiger partial charge in [0.2, 0.25) is 5.91 Å². The van der Waals surface area contributed by atoms with Crippen molar-refractivity contribution in [2.24, 2.45) is 11.3 Å². The van der Waals surface area contributed by atoms with Gasteiger partial charge in [0.25, 0.3) is 5.91 Å². The lowest BCUT2D eigenvalue weighted by Gasteiger charge is -2.34. The molecule has 1 aliphatic heterocycles. The lowest BCUT2D eigenvalue weighted by atomic mass is 9.80. The first-order chi connectivity index (χ1) is 13.2. The Morgan fingerprint density at radius 3 is 2.25 bits per heavy atom. The van der Waals surface area contributed by atoms with Gasteiger partial charge in [0, 0.05) is 19.8 Å². The molecule has 1 heterocycles. The second-order valence-corrected chi connectivity index (χ2v) is 7.21. The van der Waals surface area contributed by atoms with Crippen molar-refractivity contribution < 1.29 is 33.0 Å². The topological polar surface area (TPSA) is 105 Å². The van der Waals surface area contributed by atoms with E-state index in [4.69, 9.17) is 4.74 Å². The maximum atomic E-state index is 13.8. The number of amides is 2. The van der Waals surface area contributed by atoms with Crippen LogP contribution < -0.4 is 10.6 Å². The van der Waals surface area contributed by atoms with E-state index in [1.165, 1.54) is 0 Å². The van der Waals surface area contributed by atoms with E-state index in [-0.39, 0.29) is 32.6 Å². The minimum atomic E-state index is -1.14. The highest BCUT2D eigenvalue weighted by Crippen LogP contribution is 2.30. The van der Waals surface area contributed by atoms with Gasteiger partial charge in [-0.2, -0.15) is 0 Å². The number of hydrogen-bond donors (Lipinski definition) is 3. The van der Waals surface area contributed by atoms with Crippen LogP contribution in [0, 0.1) is 23.0 Å². The van der Waals surface area contributed by atoms with Crippen molar-refractivity contribution in [2.75, 3.05) is 19.8 Å². The number of benzene rings is 1. The minimum Gasteiger partial charge on any atom is -0.481 e. The van der Waals surface area contributed by atoms with Gasteiger partial charge in [-0.05, 0) is 30.9 Å². The maximum Gasteiger partial charge on any atom is 0.311 e. The van der Waals surface area contributed by atoms with Crippen molar-refractivity contribution in [1.29, 1.82) is 0 Å². The number of hydrogen-bond acceptors (Lipinski definition) is 4. The molecule has 1 saturated heterocycles. The molecule has 1 fully saturated rings. The standard InChI is InChI=1S/C19H24F2N2O5/c1-11(2)15(23-16(24)14-12(20)4-3-5-13(14)21)17(25)22-10-19(18(26)27)6-8-28-9-7-19/h3-5,11,15H,6-10H2,1-2H3,(H,22,25)(H,23,24)(H,26,27). The molecule has 0 aliphatic carbocycles. The number of aliphatic carboxylic acids is 1. The van der Waals surface area contributed by atoms with Gasteiger partial charge in [-0.15, -0.1) is 0 Å². The summed E-state index contributed by atoms with van der Waals surface area (Å²) >= 11 is 0. The number of carbonyl (C=O) groups excluding carboxylic acids is 2. The van der Waals surface area contributed by atoms with Gasteiger partial charge >= 0.3 is 5.97 Å². The van der Waals surface area contributed by atoms with Crippen molar-refractivity contribution in [2.45, 2.75) is 32.7 Å². The Balaban J connectivity index is 2.09. The summed E-state index contributed by atoms with van der Waals surface area (Å²) in [6, 6.07) is 1.94. The summed E-state index contributed by atoms with van der Waals surface area (Å²) in [7, 11) is 0. The Kier molecular flexibility index (Phi) is 7.06. The average Bonchev–Trinajstić information content (AvgIpc) is 2.64. The smallest absolute Gasteiger partial charge is 0.311 e. The SMILES string of the molecule is CC(C)C(NC(=O)c1c(F)cccc1F)C(=O)NCC1(C(=O)O)CCOCC1. The highest BCUT2D eigenvalue weighted by molar-refractivity contribution is 5.98. The lowest BCUT2D eigenvalue weighted by Crippen LogP contribution is -2.54. The zero-order valence-corrected chi connectivity index (χ0v) is 15.8. The predicted octanol–water partition coefficient (Wildman–Crippen LogP) is 1.72. The normalized spacial score (nSPS) is 17.0. The molecule has 2 amide bonds. The fraction of sp³-hybridized carbons (Fsp3) is 0.526. The molecule has 0 spiro atoms. The van der Waals surface area contributed by atoms with E-state index in [1.807, 2.05) is 0 Å². The van der Waals surface area contributed by atoms with Gasteiger partial charge < -0.3 is 20.5 Å². The Labute approximate surface area is 161 Å². The molecule has 7 nitrogen and oxygen atoms in total. The number of nitrogens with one attached hydrogen (secondary N) is 2. The van der Waals surface area contributed by atoms with Crippen LogP contribution in [0.3, 0.4) is 0 Å². The molecule has 3 N–H and O–H groups in total. The second-order valence-electron chi connectivity index (χ2n) is 7.21. The molecule has 2 rings (SSSR count). The van der Waals surface area contributed by atoms with E-state index in [9.17, 15) is 28.3 Å². The highest BCUT2D eigenvalue weighted by atomic mass is 19.1. The molecule has 0 saturated carbocycles. The molecule has 0 radical (unpaired) electrons. The Hall–Kier alpha value is -2.55. The number of ether oxygens (including phenoxy) is 1. The lowest BCUT2D eigenvalue weighted by molar-refractivity contribution is -0.154. The fourth-order valence-electron chi connectivity index (χ4n) is 3.06. The third-order valence-corrected chi connectivity index (χ3v) is 4.93. The Morgan fingerprint density at radius 2 is 1.75 bits per heavy atom. The second kappa shape index (κ2) is 9.09. The van der Waals surface area contributed by atoms with E-state index in [0.29, 0.717) is 0 Å². The molecule has 154 valence electrons. The van der Waals surface area contributed by atoms with Crippen molar-refractivity contribution in [3.8, 4) is 0 Å². The van der Waals surface area contributed by atoms with Gasteiger partial charge in [0.05, 0.1) is 5.41 Å². The van der Waals surface area contributed by atoms with E-state index in [0.717, 1.165) is 18.2 Å². The first kappa shape index (κ1) is 21.7. The largest absolute Gasteiger partial charge is 0.481 e. The third kappa shape index (κ3) is 4.83. The van der Waals surface area contributed by atoms with Crippen LogP contribution in [0.25, 0.3) is 0 Å². The molecular formula is C19H24F2N2O5. The zero-order chi connectivity index (χ0) is 20.9. The molecule has 0 aromatic heterocycles. The maximum absolute atomic E-state index is 13.8. The predicted molar refractivity (Wildman–Crippen MR) is 95.6 cm³/mol. The molecule has 1 aromatic carbocycles. The van der Waals surface area contributed by atoms with Crippen LogP contribution in [0.5, 0.6) is 0 Å². The molecule has 1 aromatic rings. The van der Waals surface area contributed by atoms with Crippen LogP contribution in [-0.2, 0) is 14.3 Å². The quantitative estimate of drug-likeness (QED) is 0.649. The first-order valence-corrected chi connectivity index (χ1v) is 9.01. The van der Waals surface area contributed by atoms with Gasteiger partial charge in [-0.25, -0.2) is 8.78 Å². The molecule has 0 bridgehead atoms. The molecule has 1 unspecified atom stereocenters. The fourth-order valence-corrected chi connectivity index (χ4v) is 3.06. The van der Waals surface area contributed by atoms with Gasteiger partial charge in [0.15, 0.2) is 0 Å². The van der Waals surface area contributed by atoms with Crippen molar-refractivity contribution >= 4 is 17.8 Å². The van der Waals surface area contributed by atoms with E-state index in [1.54, 1.807) is 13.8 Å². The summed E-state index contributed by atoms with van der Waals surface area (Å²) < 4.78 is 32.8.